The average Bonchev–Trinajstić information content (AvgIpc) is 2.45. The summed E-state index contributed by atoms with van der Waals surface area (Å²) >= 11 is 0. The van der Waals surface area contributed by atoms with E-state index >= 15 is 0 Å². The maximum Gasteiger partial charge on any atom is 0.223 e. The summed E-state index contributed by atoms with van der Waals surface area (Å²) in [5, 5.41) is 13.1. The maximum atomic E-state index is 12.1. The monoisotopic (exact) mass is 316 g/mol. The lowest BCUT2D eigenvalue weighted by atomic mass is 9.90. The second kappa shape index (κ2) is 6.46. The summed E-state index contributed by atoms with van der Waals surface area (Å²) in [4.78, 5) is 12.1. The lowest BCUT2D eigenvalue weighted by Crippen LogP contribution is -2.47. The van der Waals surface area contributed by atoms with Crippen LogP contribution in [0, 0.1) is 5.92 Å². The van der Waals surface area contributed by atoms with Crippen LogP contribution < -0.4 is 5.32 Å². The maximum absolute atomic E-state index is 12.1. The molecule has 2 rings (SSSR count). The number of carbonyl (C=O) groups is 1. The third-order valence-electron chi connectivity index (χ3n) is 4.27. The zero-order chi connectivity index (χ0) is 15.5. The molecule has 1 unspecified atom stereocenters. The van der Waals surface area contributed by atoms with Gasteiger partial charge in [0.25, 0.3) is 0 Å². The minimum absolute atomic E-state index is 0.0875. The summed E-state index contributed by atoms with van der Waals surface area (Å²) < 4.78 is 24.3. The quantitative estimate of drug-likeness (QED) is 0.728. The van der Waals surface area contributed by atoms with Crippen LogP contribution in [0.4, 0.5) is 0 Å². The molecule has 0 saturated carbocycles. The van der Waals surface area contributed by atoms with Crippen LogP contribution in [0.2, 0.25) is 0 Å². The van der Waals surface area contributed by atoms with Gasteiger partial charge in [-0.15, -0.1) is 0 Å². The number of rotatable bonds is 4. The fourth-order valence-corrected chi connectivity index (χ4v) is 3.77. The fraction of sp³-hybridized carbons (Fsp3) is 0.786. The molecule has 21 heavy (non-hydrogen) atoms. The summed E-state index contributed by atoms with van der Waals surface area (Å²) in [6.07, 6.45) is 8.54. The molecule has 0 radical (unpaired) electrons. The number of hydrogen-bond acceptors (Lipinski definition) is 4. The van der Waals surface area contributed by atoms with Gasteiger partial charge in [0.15, 0.2) is 0 Å². The van der Waals surface area contributed by atoms with Crippen molar-refractivity contribution in [2.75, 3.05) is 25.9 Å². The van der Waals surface area contributed by atoms with E-state index in [-0.39, 0.29) is 18.4 Å². The van der Waals surface area contributed by atoms with Crippen molar-refractivity contribution >= 4 is 15.9 Å². The SMILES string of the molecule is CS(=O)(=O)N1CCC(C(=O)NCC2(O)C=CCCC2)CC1. The Hall–Kier alpha value is -0.920. The first-order chi connectivity index (χ1) is 9.80. The third-order valence-corrected chi connectivity index (χ3v) is 5.57. The topological polar surface area (TPSA) is 86.7 Å². The second-order valence-electron chi connectivity index (χ2n) is 6.05. The Morgan fingerprint density at radius 3 is 2.62 bits per heavy atom. The van der Waals surface area contributed by atoms with Gasteiger partial charge in [0, 0.05) is 25.6 Å². The summed E-state index contributed by atoms with van der Waals surface area (Å²) in [6.45, 7) is 1.01. The highest BCUT2D eigenvalue weighted by molar-refractivity contribution is 7.88. The smallest absolute Gasteiger partial charge is 0.223 e. The van der Waals surface area contributed by atoms with E-state index in [9.17, 15) is 18.3 Å². The number of sulfonamides is 1. The first kappa shape index (κ1) is 16.5. The van der Waals surface area contributed by atoms with Crippen molar-refractivity contribution in [2.24, 2.45) is 5.92 Å². The largest absolute Gasteiger partial charge is 0.384 e. The number of carbonyl (C=O) groups excluding carboxylic acids is 1. The van der Waals surface area contributed by atoms with Crippen LogP contribution in [0.1, 0.15) is 32.1 Å². The molecule has 0 aromatic heterocycles. The van der Waals surface area contributed by atoms with Crippen molar-refractivity contribution in [2.45, 2.75) is 37.7 Å². The number of piperidine rings is 1. The van der Waals surface area contributed by atoms with E-state index in [1.54, 1.807) is 6.08 Å². The van der Waals surface area contributed by atoms with Gasteiger partial charge in [0.05, 0.1) is 11.9 Å². The first-order valence-corrected chi connectivity index (χ1v) is 9.28. The van der Waals surface area contributed by atoms with Gasteiger partial charge >= 0.3 is 0 Å². The van der Waals surface area contributed by atoms with Crippen LogP contribution in [0.3, 0.4) is 0 Å². The standard InChI is InChI=1S/C14H24N2O4S/c1-21(19,20)16-9-5-12(6-10-16)13(17)15-11-14(18)7-3-2-4-8-14/h3,7,12,18H,2,4-6,8-11H2,1H3,(H,15,17). The lowest BCUT2D eigenvalue weighted by molar-refractivity contribution is -0.127. The van der Waals surface area contributed by atoms with Gasteiger partial charge in [-0.1, -0.05) is 12.2 Å². The second-order valence-corrected chi connectivity index (χ2v) is 8.03. The molecule has 1 aliphatic carbocycles. The molecule has 1 atom stereocenters. The van der Waals surface area contributed by atoms with E-state index < -0.39 is 15.6 Å². The van der Waals surface area contributed by atoms with Gasteiger partial charge in [-0.3, -0.25) is 4.79 Å². The van der Waals surface area contributed by atoms with Crippen molar-refractivity contribution in [3.63, 3.8) is 0 Å². The van der Waals surface area contributed by atoms with Gasteiger partial charge in [0.1, 0.15) is 0 Å². The molecule has 1 heterocycles. The predicted octanol–water partition coefficient (Wildman–Crippen LogP) is 0.245. The van der Waals surface area contributed by atoms with E-state index in [0.29, 0.717) is 32.4 Å². The fourth-order valence-electron chi connectivity index (χ4n) is 2.89. The van der Waals surface area contributed by atoms with Crippen LogP contribution in [0.25, 0.3) is 0 Å². The molecule has 0 spiro atoms. The predicted molar refractivity (Wildman–Crippen MR) is 80.1 cm³/mol. The minimum Gasteiger partial charge on any atom is -0.384 e. The number of amides is 1. The van der Waals surface area contributed by atoms with Gasteiger partial charge in [-0.2, -0.15) is 0 Å². The van der Waals surface area contributed by atoms with Crippen molar-refractivity contribution in [3.8, 4) is 0 Å². The Balaban J connectivity index is 1.80. The Bertz CT molecular complexity index is 509. The molecule has 0 bridgehead atoms. The molecular formula is C14H24N2O4S. The van der Waals surface area contributed by atoms with Gasteiger partial charge in [-0.05, 0) is 32.1 Å². The van der Waals surface area contributed by atoms with Crippen LogP contribution in [-0.4, -0.2) is 55.2 Å². The van der Waals surface area contributed by atoms with Crippen molar-refractivity contribution in [1.82, 2.24) is 9.62 Å². The first-order valence-electron chi connectivity index (χ1n) is 7.43. The molecule has 2 N–H and O–H groups in total. The van der Waals surface area contributed by atoms with Gasteiger partial charge < -0.3 is 10.4 Å². The number of hydrogen-bond donors (Lipinski definition) is 2. The normalized spacial score (nSPS) is 28.5. The molecule has 1 amide bonds. The van der Waals surface area contributed by atoms with Gasteiger partial charge in [-0.25, -0.2) is 12.7 Å². The van der Waals surface area contributed by atoms with Crippen molar-refractivity contribution < 1.29 is 18.3 Å². The van der Waals surface area contributed by atoms with E-state index in [4.69, 9.17) is 0 Å². The van der Waals surface area contributed by atoms with E-state index in [1.807, 2.05) is 6.08 Å². The van der Waals surface area contributed by atoms with Crippen molar-refractivity contribution in [1.29, 1.82) is 0 Å². The highest BCUT2D eigenvalue weighted by Crippen LogP contribution is 2.22. The number of nitrogens with one attached hydrogen (secondary N) is 1. The Kier molecular flexibility index (Phi) is 5.06. The summed E-state index contributed by atoms with van der Waals surface area (Å²) in [7, 11) is -3.16. The molecule has 1 fully saturated rings. The average molecular weight is 316 g/mol. The minimum atomic E-state index is -3.16. The third kappa shape index (κ3) is 4.52. The Labute approximate surface area is 126 Å². The molecule has 6 nitrogen and oxygen atoms in total. The summed E-state index contributed by atoms with van der Waals surface area (Å²) in [5.41, 5.74) is -0.929. The number of allylic oxidation sites excluding steroid dienone is 1. The van der Waals surface area contributed by atoms with Crippen LogP contribution in [0.15, 0.2) is 12.2 Å². The molecule has 0 aromatic rings. The van der Waals surface area contributed by atoms with Crippen LogP contribution >= 0.6 is 0 Å². The molecule has 2 aliphatic rings. The molecule has 120 valence electrons. The van der Waals surface area contributed by atoms with Crippen molar-refractivity contribution in [3.05, 3.63) is 12.2 Å². The molecule has 1 saturated heterocycles. The number of nitrogens with zero attached hydrogens (tertiary/aromatic N) is 1. The summed E-state index contributed by atoms with van der Waals surface area (Å²) in [5.74, 6) is -0.255. The zero-order valence-corrected chi connectivity index (χ0v) is 13.2. The van der Waals surface area contributed by atoms with E-state index in [1.165, 1.54) is 10.6 Å². The molecule has 7 heteroatoms. The highest BCUT2D eigenvalue weighted by atomic mass is 32.2. The zero-order valence-electron chi connectivity index (χ0n) is 12.4. The van der Waals surface area contributed by atoms with Crippen LogP contribution in [0.5, 0.6) is 0 Å². The molecule has 1 aliphatic heterocycles. The number of aliphatic hydroxyl groups is 1. The Morgan fingerprint density at radius 1 is 1.43 bits per heavy atom. The van der Waals surface area contributed by atoms with Crippen LogP contribution in [-0.2, 0) is 14.8 Å². The Morgan fingerprint density at radius 2 is 2.10 bits per heavy atom. The molecule has 0 aromatic carbocycles. The lowest BCUT2D eigenvalue weighted by Gasteiger charge is -2.31. The summed E-state index contributed by atoms with van der Waals surface area (Å²) in [6, 6.07) is 0. The van der Waals surface area contributed by atoms with E-state index in [2.05, 4.69) is 5.32 Å². The highest BCUT2D eigenvalue weighted by Gasteiger charge is 2.31. The van der Waals surface area contributed by atoms with E-state index in [0.717, 1.165) is 12.8 Å². The molecular weight excluding hydrogens is 292 g/mol. The van der Waals surface area contributed by atoms with Gasteiger partial charge in [0.2, 0.25) is 15.9 Å².